The third kappa shape index (κ3) is 3.80. The van der Waals surface area contributed by atoms with Crippen LogP contribution in [0, 0.1) is 0 Å². The number of aromatic nitrogens is 1. The molecule has 2 aromatic rings. The monoisotopic (exact) mass is 275 g/mol. The van der Waals surface area contributed by atoms with E-state index in [-0.39, 0.29) is 5.41 Å². The highest BCUT2D eigenvalue weighted by Crippen LogP contribution is 2.24. The second-order valence-corrected chi connectivity index (χ2v) is 6.59. The molecule has 0 saturated heterocycles. The molecule has 0 radical (unpaired) electrons. The van der Waals surface area contributed by atoms with E-state index >= 15 is 0 Å². The molecule has 0 unspecified atom stereocenters. The maximum absolute atomic E-state index is 5.76. The molecule has 1 aromatic heterocycles. The smallest absolute Gasteiger partial charge is 0.131 e. The second kappa shape index (κ2) is 5.74. The Morgan fingerprint density at radius 3 is 2.37 bits per heavy atom. The van der Waals surface area contributed by atoms with Crippen LogP contribution >= 0.6 is 11.3 Å². The van der Waals surface area contributed by atoms with Gasteiger partial charge in [0.15, 0.2) is 0 Å². The zero-order valence-corrected chi connectivity index (χ0v) is 12.9. The zero-order valence-electron chi connectivity index (χ0n) is 12.1. The normalized spacial score (nSPS) is 11.6. The first-order chi connectivity index (χ1) is 8.99. The first-order valence-electron chi connectivity index (χ1n) is 6.65. The molecule has 0 N–H and O–H groups in total. The van der Waals surface area contributed by atoms with Crippen LogP contribution in [0.2, 0.25) is 0 Å². The lowest BCUT2D eigenvalue weighted by Crippen LogP contribution is -2.10. The van der Waals surface area contributed by atoms with Gasteiger partial charge in [-0.3, -0.25) is 0 Å². The number of nitrogens with zero attached hydrogens (tertiary/aromatic N) is 1. The topological polar surface area (TPSA) is 22.1 Å². The zero-order chi connectivity index (χ0) is 13.9. The first-order valence-corrected chi connectivity index (χ1v) is 7.53. The molecule has 2 rings (SSSR count). The Kier molecular flexibility index (Phi) is 4.25. The minimum atomic E-state index is 0.184. The summed E-state index contributed by atoms with van der Waals surface area (Å²) in [5.41, 5.74) is 2.52. The number of thiazole rings is 1. The fourth-order valence-electron chi connectivity index (χ4n) is 1.79. The van der Waals surface area contributed by atoms with Gasteiger partial charge in [0.2, 0.25) is 0 Å². The molecular weight excluding hydrogens is 254 g/mol. The van der Waals surface area contributed by atoms with E-state index in [0.717, 1.165) is 17.9 Å². The van der Waals surface area contributed by atoms with Gasteiger partial charge >= 0.3 is 0 Å². The van der Waals surface area contributed by atoms with Crippen molar-refractivity contribution in [3.63, 3.8) is 0 Å². The van der Waals surface area contributed by atoms with E-state index in [4.69, 9.17) is 4.74 Å². The van der Waals surface area contributed by atoms with Crippen molar-refractivity contribution in [2.24, 2.45) is 0 Å². The minimum Gasteiger partial charge on any atom is -0.487 e. The van der Waals surface area contributed by atoms with Crippen molar-refractivity contribution < 1.29 is 4.74 Å². The molecule has 102 valence electrons. The molecule has 1 aromatic carbocycles. The van der Waals surface area contributed by atoms with Gasteiger partial charge in [-0.2, -0.15) is 0 Å². The molecule has 0 spiro atoms. The summed E-state index contributed by atoms with van der Waals surface area (Å²) in [6.45, 7) is 9.30. The molecule has 0 saturated carbocycles. The Hall–Kier alpha value is -1.35. The van der Waals surface area contributed by atoms with Crippen molar-refractivity contribution in [1.82, 2.24) is 4.98 Å². The predicted octanol–water partition coefficient (Wildman–Crippen LogP) is 4.58. The predicted molar refractivity (Wildman–Crippen MR) is 81.0 cm³/mol. The number of benzene rings is 1. The fraction of sp³-hybridized carbons (Fsp3) is 0.438. The summed E-state index contributed by atoms with van der Waals surface area (Å²) in [5.74, 6) is 0.902. The van der Waals surface area contributed by atoms with Crippen molar-refractivity contribution in [1.29, 1.82) is 0 Å². The molecule has 0 atom stereocenters. The molecule has 0 amide bonds. The molecule has 1 heterocycles. The van der Waals surface area contributed by atoms with E-state index in [1.54, 1.807) is 11.3 Å². The van der Waals surface area contributed by atoms with E-state index in [1.807, 2.05) is 12.1 Å². The molecule has 19 heavy (non-hydrogen) atoms. The third-order valence-electron chi connectivity index (χ3n) is 3.01. The maximum Gasteiger partial charge on any atom is 0.131 e. The lowest BCUT2D eigenvalue weighted by Gasteiger charge is -2.19. The molecule has 0 aliphatic carbocycles. The van der Waals surface area contributed by atoms with Crippen molar-refractivity contribution in [2.45, 2.75) is 46.1 Å². The number of hydrogen-bond acceptors (Lipinski definition) is 3. The molecule has 0 bridgehead atoms. The lowest BCUT2D eigenvalue weighted by molar-refractivity contribution is 0.301. The van der Waals surface area contributed by atoms with Gasteiger partial charge < -0.3 is 4.74 Å². The standard InChI is InChI=1S/C16H21NOS/c1-5-15-17-13(11-19-15)10-18-14-8-6-12(7-9-14)16(2,3)4/h6-9,11H,5,10H2,1-4H3. The van der Waals surface area contributed by atoms with Gasteiger partial charge in [-0.15, -0.1) is 11.3 Å². The number of aryl methyl sites for hydroxylation is 1. The maximum atomic E-state index is 5.76. The molecule has 3 heteroatoms. The number of hydrogen-bond donors (Lipinski definition) is 0. The van der Waals surface area contributed by atoms with Crippen LogP contribution in [0.3, 0.4) is 0 Å². The van der Waals surface area contributed by atoms with E-state index in [1.165, 1.54) is 10.6 Å². The van der Waals surface area contributed by atoms with Crippen LogP contribution in [0.4, 0.5) is 0 Å². The molecule has 0 aliphatic rings. The highest BCUT2D eigenvalue weighted by atomic mass is 32.1. The van der Waals surface area contributed by atoms with E-state index < -0.39 is 0 Å². The van der Waals surface area contributed by atoms with Crippen LogP contribution in [0.1, 0.15) is 44.0 Å². The highest BCUT2D eigenvalue weighted by Gasteiger charge is 2.13. The SMILES string of the molecule is CCc1nc(COc2ccc(C(C)(C)C)cc2)cs1. The van der Waals surface area contributed by atoms with E-state index in [2.05, 4.69) is 50.2 Å². The summed E-state index contributed by atoms with van der Waals surface area (Å²) in [6, 6.07) is 8.34. The average Bonchev–Trinajstić information content (AvgIpc) is 2.84. The van der Waals surface area contributed by atoms with E-state index in [9.17, 15) is 0 Å². The summed E-state index contributed by atoms with van der Waals surface area (Å²) in [6.07, 6.45) is 0.991. The summed E-state index contributed by atoms with van der Waals surface area (Å²) in [7, 11) is 0. The summed E-state index contributed by atoms with van der Waals surface area (Å²) < 4.78 is 5.76. The highest BCUT2D eigenvalue weighted by molar-refractivity contribution is 7.09. The van der Waals surface area contributed by atoms with Crippen LogP contribution in [0.25, 0.3) is 0 Å². The van der Waals surface area contributed by atoms with E-state index in [0.29, 0.717) is 6.61 Å². The van der Waals surface area contributed by atoms with Crippen molar-refractivity contribution in [3.05, 3.63) is 45.9 Å². The largest absolute Gasteiger partial charge is 0.487 e. The number of rotatable bonds is 4. The van der Waals surface area contributed by atoms with Gasteiger partial charge in [-0.1, -0.05) is 39.8 Å². The lowest BCUT2D eigenvalue weighted by atomic mass is 9.87. The van der Waals surface area contributed by atoms with Crippen molar-refractivity contribution >= 4 is 11.3 Å². The minimum absolute atomic E-state index is 0.184. The van der Waals surface area contributed by atoms with Gasteiger partial charge in [-0.05, 0) is 29.5 Å². The molecule has 2 nitrogen and oxygen atoms in total. The van der Waals surface area contributed by atoms with Crippen LogP contribution in [0.5, 0.6) is 5.75 Å². The fourth-order valence-corrected chi connectivity index (χ4v) is 2.52. The van der Waals surface area contributed by atoms with Gasteiger partial charge in [0.05, 0.1) is 10.7 Å². The quantitative estimate of drug-likeness (QED) is 0.814. The summed E-state index contributed by atoms with van der Waals surface area (Å²) in [4.78, 5) is 4.49. The Balaban J connectivity index is 1.96. The Morgan fingerprint density at radius 1 is 1.16 bits per heavy atom. The van der Waals surface area contributed by atoms with Crippen molar-refractivity contribution in [3.8, 4) is 5.75 Å². The second-order valence-electron chi connectivity index (χ2n) is 5.65. The van der Waals surface area contributed by atoms with Crippen LogP contribution < -0.4 is 4.74 Å². The van der Waals surface area contributed by atoms with Crippen LogP contribution in [-0.2, 0) is 18.4 Å². The molecule has 0 aliphatic heterocycles. The summed E-state index contributed by atoms with van der Waals surface area (Å²) >= 11 is 1.70. The van der Waals surface area contributed by atoms with Crippen LogP contribution in [0.15, 0.2) is 29.6 Å². The van der Waals surface area contributed by atoms with Gasteiger partial charge in [0, 0.05) is 5.38 Å². The van der Waals surface area contributed by atoms with Gasteiger partial charge in [0.1, 0.15) is 12.4 Å². The van der Waals surface area contributed by atoms with Gasteiger partial charge in [-0.25, -0.2) is 4.98 Å². The number of ether oxygens (including phenoxy) is 1. The third-order valence-corrected chi connectivity index (χ3v) is 4.05. The molecule has 0 fully saturated rings. The summed E-state index contributed by atoms with van der Waals surface area (Å²) in [5, 5.41) is 3.24. The van der Waals surface area contributed by atoms with Crippen LogP contribution in [-0.4, -0.2) is 4.98 Å². The van der Waals surface area contributed by atoms with Gasteiger partial charge in [0.25, 0.3) is 0 Å². The Labute approximate surface area is 119 Å². The average molecular weight is 275 g/mol. The Morgan fingerprint density at radius 2 is 1.84 bits per heavy atom. The van der Waals surface area contributed by atoms with Crippen molar-refractivity contribution in [2.75, 3.05) is 0 Å². The molecular formula is C16H21NOS. The first kappa shape index (κ1) is 14.1. The Bertz CT molecular complexity index is 522.